The van der Waals surface area contributed by atoms with E-state index in [0.717, 1.165) is 27.8 Å². The van der Waals surface area contributed by atoms with Crippen LogP contribution in [0.3, 0.4) is 0 Å². The van der Waals surface area contributed by atoms with Crippen LogP contribution in [-0.4, -0.2) is 16.0 Å². The van der Waals surface area contributed by atoms with Crippen molar-refractivity contribution in [3.8, 4) is 0 Å². The van der Waals surface area contributed by atoms with Crippen LogP contribution in [0.15, 0.2) is 60.7 Å². The van der Waals surface area contributed by atoms with Crippen molar-refractivity contribution in [1.29, 1.82) is 0 Å². The molecule has 130 valence electrons. The van der Waals surface area contributed by atoms with Gasteiger partial charge in [-0.2, -0.15) is 0 Å². The van der Waals surface area contributed by atoms with E-state index in [4.69, 9.17) is 23.8 Å². The van der Waals surface area contributed by atoms with Crippen molar-refractivity contribution < 1.29 is 4.79 Å². The SMILES string of the molecule is Cc1ccc2c(NC(=S)NC(=O)/C=C/c3ccc(Cl)cc3)cccc2n1. The van der Waals surface area contributed by atoms with E-state index >= 15 is 0 Å². The standard InChI is InChI=1S/C20H16ClN3OS/c1-13-5-11-16-17(22-13)3-2-4-18(16)23-20(26)24-19(25)12-8-14-6-9-15(21)10-7-14/h2-12H,1H3,(H2,23,24,25,26)/b12-8+. The number of aryl methyl sites for hydroxylation is 1. The van der Waals surface area contributed by atoms with Crippen molar-refractivity contribution >= 4 is 57.5 Å². The lowest BCUT2D eigenvalue weighted by molar-refractivity contribution is -0.115. The number of thiocarbonyl (C=S) groups is 1. The van der Waals surface area contributed by atoms with E-state index in [2.05, 4.69) is 15.6 Å². The number of pyridine rings is 1. The number of benzene rings is 2. The topological polar surface area (TPSA) is 54.0 Å². The summed E-state index contributed by atoms with van der Waals surface area (Å²) in [6.45, 7) is 1.94. The third-order valence-corrected chi connectivity index (χ3v) is 4.11. The normalized spacial score (nSPS) is 10.8. The maximum absolute atomic E-state index is 12.0. The average molecular weight is 382 g/mol. The van der Waals surface area contributed by atoms with E-state index in [1.54, 1.807) is 18.2 Å². The number of hydrogen-bond acceptors (Lipinski definition) is 3. The van der Waals surface area contributed by atoms with Gasteiger partial charge in [-0.05, 0) is 67.2 Å². The van der Waals surface area contributed by atoms with Gasteiger partial charge in [0, 0.05) is 27.9 Å². The van der Waals surface area contributed by atoms with Gasteiger partial charge in [0.1, 0.15) is 0 Å². The molecule has 0 atom stereocenters. The monoisotopic (exact) mass is 381 g/mol. The summed E-state index contributed by atoms with van der Waals surface area (Å²) >= 11 is 11.1. The van der Waals surface area contributed by atoms with Gasteiger partial charge in [0.25, 0.3) is 0 Å². The largest absolute Gasteiger partial charge is 0.332 e. The molecule has 6 heteroatoms. The highest BCUT2D eigenvalue weighted by Crippen LogP contribution is 2.22. The van der Waals surface area contributed by atoms with E-state index < -0.39 is 0 Å². The van der Waals surface area contributed by atoms with Crippen LogP contribution in [0.25, 0.3) is 17.0 Å². The Morgan fingerprint density at radius 2 is 1.88 bits per heavy atom. The Bertz CT molecular complexity index is 1000. The zero-order valence-corrected chi connectivity index (χ0v) is 15.6. The van der Waals surface area contributed by atoms with Gasteiger partial charge in [-0.1, -0.05) is 29.8 Å². The van der Waals surface area contributed by atoms with Crippen molar-refractivity contribution in [3.05, 3.63) is 77.0 Å². The molecule has 0 aliphatic rings. The van der Waals surface area contributed by atoms with Gasteiger partial charge < -0.3 is 5.32 Å². The smallest absolute Gasteiger partial charge is 0.250 e. The number of carbonyl (C=O) groups excluding carboxylic acids is 1. The lowest BCUT2D eigenvalue weighted by Crippen LogP contribution is -2.32. The fourth-order valence-corrected chi connectivity index (χ4v) is 2.76. The van der Waals surface area contributed by atoms with Crippen LogP contribution in [0.5, 0.6) is 0 Å². The van der Waals surface area contributed by atoms with Gasteiger partial charge >= 0.3 is 0 Å². The maximum Gasteiger partial charge on any atom is 0.250 e. The highest BCUT2D eigenvalue weighted by Gasteiger charge is 2.06. The Balaban J connectivity index is 1.65. The molecule has 0 unspecified atom stereocenters. The Labute approximate surface area is 161 Å². The molecule has 0 saturated carbocycles. The number of aromatic nitrogens is 1. The van der Waals surface area contributed by atoms with Gasteiger partial charge in [0.2, 0.25) is 5.91 Å². The van der Waals surface area contributed by atoms with Gasteiger partial charge in [0.05, 0.1) is 5.52 Å². The predicted octanol–water partition coefficient (Wildman–Crippen LogP) is 4.72. The molecule has 1 heterocycles. The molecule has 0 saturated heterocycles. The third kappa shape index (κ3) is 4.65. The summed E-state index contributed by atoms with van der Waals surface area (Å²) in [4.78, 5) is 16.5. The fraction of sp³-hybridized carbons (Fsp3) is 0.0500. The summed E-state index contributed by atoms with van der Waals surface area (Å²) in [6, 6.07) is 16.8. The van der Waals surface area contributed by atoms with E-state index in [9.17, 15) is 4.79 Å². The highest BCUT2D eigenvalue weighted by atomic mass is 35.5. The van der Waals surface area contributed by atoms with Crippen molar-refractivity contribution in [1.82, 2.24) is 10.3 Å². The molecule has 0 aliphatic heterocycles. The molecule has 0 fully saturated rings. The Hall–Kier alpha value is -2.76. The molecule has 3 rings (SSSR count). The summed E-state index contributed by atoms with van der Waals surface area (Å²) in [6.07, 6.45) is 3.12. The molecule has 26 heavy (non-hydrogen) atoms. The van der Waals surface area contributed by atoms with Crippen LogP contribution in [0, 0.1) is 6.92 Å². The molecule has 0 spiro atoms. The van der Waals surface area contributed by atoms with Gasteiger partial charge in [-0.25, -0.2) is 0 Å². The van der Waals surface area contributed by atoms with Gasteiger partial charge in [0.15, 0.2) is 5.11 Å². The van der Waals surface area contributed by atoms with Crippen molar-refractivity contribution in [3.63, 3.8) is 0 Å². The minimum Gasteiger partial charge on any atom is -0.332 e. The first-order valence-electron chi connectivity index (χ1n) is 7.93. The second-order valence-electron chi connectivity index (χ2n) is 5.65. The lowest BCUT2D eigenvalue weighted by Gasteiger charge is -2.11. The van der Waals surface area contributed by atoms with E-state index in [1.807, 2.05) is 49.4 Å². The molecule has 1 amide bonds. The zero-order chi connectivity index (χ0) is 18.5. The number of carbonyl (C=O) groups is 1. The molecule has 2 aromatic carbocycles. The number of nitrogens with zero attached hydrogens (tertiary/aromatic N) is 1. The number of halogens is 1. The lowest BCUT2D eigenvalue weighted by atomic mass is 10.1. The van der Waals surface area contributed by atoms with Crippen LogP contribution in [0.1, 0.15) is 11.3 Å². The summed E-state index contributed by atoms with van der Waals surface area (Å²) in [7, 11) is 0. The zero-order valence-electron chi connectivity index (χ0n) is 14.0. The minimum atomic E-state index is -0.313. The molecule has 0 bridgehead atoms. The Kier molecular flexibility index (Phi) is 5.61. The summed E-state index contributed by atoms with van der Waals surface area (Å²) < 4.78 is 0. The number of hydrogen-bond donors (Lipinski definition) is 2. The van der Waals surface area contributed by atoms with Crippen LogP contribution in [0.2, 0.25) is 5.02 Å². The molecule has 3 aromatic rings. The highest BCUT2D eigenvalue weighted by molar-refractivity contribution is 7.80. The number of nitrogens with one attached hydrogen (secondary N) is 2. The number of fused-ring (bicyclic) bond motifs is 1. The summed E-state index contributed by atoms with van der Waals surface area (Å²) in [5, 5.41) is 7.50. The van der Waals surface area contributed by atoms with E-state index in [0.29, 0.717) is 5.02 Å². The predicted molar refractivity (Wildman–Crippen MR) is 111 cm³/mol. The number of amides is 1. The fourth-order valence-electron chi connectivity index (χ4n) is 2.42. The van der Waals surface area contributed by atoms with Crippen LogP contribution >= 0.6 is 23.8 Å². The second-order valence-corrected chi connectivity index (χ2v) is 6.50. The molecule has 1 aromatic heterocycles. The van der Waals surface area contributed by atoms with Gasteiger partial charge in [-0.3, -0.25) is 15.1 Å². The first-order chi connectivity index (χ1) is 12.5. The quantitative estimate of drug-likeness (QED) is 0.509. The molecule has 0 radical (unpaired) electrons. The van der Waals surface area contributed by atoms with Crippen LogP contribution in [0.4, 0.5) is 5.69 Å². The van der Waals surface area contributed by atoms with E-state index in [1.165, 1.54) is 6.08 Å². The van der Waals surface area contributed by atoms with E-state index in [-0.39, 0.29) is 11.0 Å². The first-order valence-corrected chi connectivity index (χ1v) is 8.72. The molecule has 0 aliphatic carbocycles. The average Bonchev–Trinajstić information content (AvgIpc) is 2.61. The molecular formula is C20H16ClN3OS. The van der Waals surface area contributed by atoms with Gasteiger partial charge in [-0.15, -0.1) is 0 Å². The summed E-state index contributed by atoms with van der Waals surface area (Å²) in [5.41, 5.74) is 3.48. The third-order valence-electron chi connectivity index (χ3n) is 3.65. The first kappa shape index (κ1) is 18.0. The minimum absolute atomic E-state index is 0.226. The van der Waals surface area contributed by atoms with Crippen molar-refractivity contribution in [2.45, 2.75) is 6.92 Å². The Morgan fingerprint density at radius 3 is 2.65 bits per heavy atom. The van der Waals surface area contributed by atoms with Crippen LogP contribution in [-0.2, 0) is 4.79 Å². The number of rotatable bonds is 3. The maximum atomic E-state index is 12.0. The van der Waals surface area contributed by atoms with Crippen molar-refractivity contribution in [2.75, 3.05) is 5.32 Å². The van der Waals surface area contributed by atoms with Crippen molar-refractivity contribution in [2.24, 2.45) is 0 Å². The second kappa shape index (κ2) is 8.08. The number of anilines is 1. The Morgan fingerprint density at radius 1 is 1.12 bits per heavy atom. The molecule has 4 nitrogen and oxygen atoms in total. The van der Waals surface area contributed by atoms with Crippen LogP contribution < -0.4 is 10.6 Å². The molecular weight excluding hydrogens is 366 g/mol. The summed E-state index contributed by atoms with van der Waals surface area (Å²) in [5.74, 6) is -0.313. The molecule has 2 N–H and O–H groups in total.